The fraction of sp³-hybridized carbons (Fsp3) is 1.00. The highest BCUT2D eigenvalue weighted by molar-refractivity contribution is 4.79. The molecule has 18 heteroatoms. The summed E-state index contributed by atoms with van der Waals surface area (Å²) >= 11 is 0. The van der Waals surface area contributed by atoms with Gasteiger partial charge in [-0.1, -0.05) is 27.7 Å². The Bertz CT molecular complexity index is 975. The van der Waals surface area contributed by atoms with Crippen LogP contribution in [0.2, 0.25) is 0 Å². The summed E-state index contributed by atoms with van der Waals surface area (Å²) in [5.74, 6) is 0. The summed E-state index contributed by atoms with van der Waals surface area (Å²) < 4.78 is 0. The van der Waals surface area contributed by atoms with E-state index < -0.39 is 0 Å². The highest BCUT2D eigenvalue weighted by atomic mass is 15.3. The molecule has 5 heterocycles. The average molecular weight is 916 g/mol. The predicted octanol–water partition coefficient (Wildman–Crippen LogP) is -2.84. The van der Waals surface area contributed by atoms with E-state index in [1.54, 1.807) is 0 Å². The molecule has 0 spiro atoms. The van der Waals surface area contributed by atoms with Crippen LogP contribution >= 0.6 is 0 Å². The fourth-order valence-corrected chi connectivity index (χ4v) is 8.36. The Morgan fingerprint density at radius 2 is 0.531 bits per heavy atom. The number of nitrogens with zero attached hydrogens (tertiary/aromatic N) is 8. The number of hydrogen-bond donors (Lipinski definition) is 10. The maximum absolute atomic E-state index is 5.97. The van der Waals surface area contributed by atoms with Crippen LogP contribution in [0.4, 0.5) is 0 Å². The number of nitrogens with one attached hydrogen (secondary N) is 2. The SMILES string of the molecule is CC(N)CN1CCN(CCN)CC1.CC(N)CN1CCNCC1.CCC(N)CN1CCN(CC(N)CC)CC1.CCC(N)CN1CCN(CCN)CC1.CCC(N)CN1CCNCC1. The lowest BCUT2D eigenvalue weighted by molar-refractivity contribution is 0.121. The third-order valence-electron chi connectivity index (χ3n) is 12.9. The minimum Gasteiger partial charge on any atom is -0.329 e. The van der Waals surface area contributed by atoms with Crippen LogP contribution in [0.5, 0.6) is 0 Å². The van der Waals surface area contributed by atoms with Crippen LogP contribution in [0.3, 0.4) is 0 Å². The summed E-state index contributed by atoms with van der Waals surface area (Å²) in [4.78, 5) is 19.5. The third-order valence-corrected chi connectivity index (χ3v) is 12.9. The van der Waals surface area contributed by atoms with Gasteiger partial charge >= 0.3 is 0 Å². The zero-order valence-electron chi connectivity index (χ0n) is 42.7. The van der Waals surface area contributed by atoms with Crippen LogP contribution in [0.15, 0.2) is 0 Å². The van der Waals surface area contributed by atoms with E-state index in [1.165, 1.54) is 0 Å². The molecule has 18 N–H and O–H groups in total. The molecule has 0 aliphatic carbocycles. The van der Waals surface area contributed by atoms with E-state index in [0.717, 1.165) is 222 Å². The van der Waals surface area contributed by atoms with Gasteiger partial charge in [-0.3, -0.25) is 39.2 Å². The molecule has 64 heavy (non-hydrogen) atoms. The molecule has 0 aromatic carbocycles. The number of rotatable bonds is 20. The van der Waals surface area contributed by atoms with Crippen LogP contribution in [0.1, 0.15) is 67.2 Å². The molecule has 384 valence electrons. The van der Waals surface area contributed by atoms with Crippen molar-refractivity contribution in [2.24, 2.45) is 45.9 Å². The van der Waals surface area contributed by atoms with Gasteiger partial charge in [0.2, 0.25) is 0 Å². The van der Waals surface area contributed by atoms with Gasteiger partial charge in [0.25, 0.3) is 0 Å². The molecule has 5 rings (SSSR count). The van der Waals surface area contributed by atoms with Gasteiger partial charge < -0.3 is 56.5 Å². The first-order valence-corrected chi connectivity index (χ1v) is 25.9. The summed E-state index contributed by atoms with van der Waals surface area (Å²) in [6.45, 7) is 45.4. The molecule has 5 aliphatic heterocycles. The number of piperazine rings is 5. The maximum atomic E-state index is 5.97. The van der Waals surface area contributed by atoms with Gasteiger partial charge in [-0.2, -0.15) is 0 Å². The van der Waals surface area contributed by atoms with Crippen molar-refractivity contribution in [1.29, 1.82) is 0 Å². The Labute approximate surface area is 394 Å². The first kappa shape index (κ1) is 61.3. The van der Waals surface area contributed by atoms with Gasteiger partial charge in [0, 0.05) is 233 Å². The third kappa shape index (κ3) is 32.1. The Morgan fingerprint density at radius 1 is 0.328 bits per heavy atom. The smallest absolute Gasteiger partial charge is 0.0165 e. The van der Waals surface area contributed by atoms with Gasteiger partial charge in [-0.15, -0.1) is 0 Å². The minimum atomic E-state index is 0.293. The molecule has 6 unspecified atom stereocenters. The average Bonchev–Trinajstić information content (AvgIpc) is 3.29. The molecule has 0 aromatic heterocycles. The molecule has 5 fully saturated rings. The van der Waals surface area contributed by atoms with E-state index in [9.17, 15) is 0 Å². The summed E-state index contributed by atoms with van der Waals surface area (Å²) in [5, 5.41) is 6.63. The fourth-order valence-electron chi connectivity index (χ4n) is 8.36. The highest BCUT2D eigenvalue weighted by Gasteiger charge is 2.20. The Balaban J connectivity index is 0.000000404. The zero-order valence-corrected chi connectivity index (χ0v) is 42.7. The molecule has 0 aromatic rings. The van der Waals surface area contributed by atoms with Crippen LogP contribution in [0, 0.1) is 0 Å². The first-order chi connectivity index (χ1) is 30.7. The molecule has 0 bridgehead atoms. The second-order valence-electron chi connectivity index (χ2n) is 19.2. The summed E-state index contributed by atoms with van der Waals surface area (Å²) in [7, 11) is 0. The van der Waals surface area contributed by atoms with E-state index >= 15 is 0 Å². The lowest BCUT2D eigenvalue weighted by Gasteiger charge is -2.36. The summed E-state index contributed by atoms with van der Waals surface area (Å²) in [6.07, 6.45) is 4.30. The van der Waals surface area contributed by atoms with E-state index in [2.05, 4.69) is 91.4 Å². The van der Waals surface area contributed by atoms with E-state index in [-0.39, 0.29) is 0 Å². The van der Waals surface area contributed by atoms with Gasteiger partial charge in [0.05, 0.1) is 0 Å². The minimum absolute atomic E-state index is 0.293. The summed E-state index contributed by atoms with van der Waals surface area (Å²) in [5.41, 5.74) is 46.1. The molecule has 0 saturated carbocycles. The molecular weight excluding hydrogens is 805 g/mol. The standard InChI is InChI=1S/C12H28N4.C10H24N4.C9H22N4.C8H19N3.C7H17N3/c1-3-11(13)9-15-5-7-16(8-6-15)10-12(14)4-2;1-2-10(12)9-14-7-5-13(4-3-11)6-8-14;1-9(11)8-13-6-4-12(3-2-10)5-7-13;1-2-8(9)7-11-5-3-10-4-6-11;1-7(8)6-10-4-2-9-3-5-10/h11-12H,3-10,13-14H2,1-2H3;10H,2-9,11-12H2,1H3;9H,2-8,10-11H2,1H3;8,10H,2-7,9H2,1H3;7,9H,2-6,8H2,1H3. The van der Waals surface area contributed by atoms with Crippen molar-refractivity contribution in [2.45, 2.75) is 103 Å². The quantitative estimate of drug-likeness (QED) is 0.0590. The van der Waals surface area contributed by atoms with Crippen LogP contribution in [-0.2, 0) is 0 Å². The molecule has 0 radical (unpaired) electrons. The first-order valence-electron chi connectivity index (χ1n) is 25.9. The topological polar surface area (TPSA) is 258 Å². The Morgan fingerprint density at radius 3 is 0.750 bits per heavy atom. The molecule has 5 aliphatic rings. The van der Waals surface area contributed by atoms with Gasteiger partial charge in [0.1, 0.15) is 0 Å². The van der Waals surface area contributed by atoms with E-state index in [1.807, 2.05) is 0 Å². The van der Waals surface area contributed by atoms with Crippen molar-refractivity contribution >= 4 is 0 Å². The molecule has 18 nitrogen and oxygen atoms in total. The van der Waals surface area contributed by atoms with Crippen molar-refractivity contribution in [3.8, 4) is 0 Å². The second-order valence-corrected chi connectivity index (χ2v) is 19.2. The van der Waals surface area contributed by atoms with Gasteiger partial charge in [-0.05, 0) is 39.5 Å². The largest absolute Gasteiger partial charge is 0.329 e. The molecule has 6 atom stereocenters. The Kier molecular flexibility index (Phi) is 37.5. The molecule has 0 amide bonds. The van der Waals surface area contributed by atoms with E-state index in [4.69, 9.17) is 45.9 Å². The highest BCUT2D eigenvalue weighted by Crippen LogP contribution is 2.06. The maximum Gasteiger partial charge on any atom is 0.0165 e. The molecule has 5 saturated heterocycles. The second kappa shape index (κ2) is 39.2. The van der Waals surface area contributed by atoms with Crippen molar-refractivity contribution in [2.75, 3.05) is 196 Å². The number of hydrogen-bond acceptors (Lipinski definition) is 18. The zero-order chi connectivity index (χ0) is 47.5. The van der Waals surface area contributed by atoms with Crippen molar-refractivity contribution in [3.05, 3.63) is 0 Å². The van der Waals surface area contributed by atoms with Gasteiger partial charge in [0.15, 0.2) is 0 Å². The van der Waals surface area contributed by atoms with Crippen molar-refractivity contribution in [1.82, 2.24) is 49.8 Å². The van der Waals surface area contributed by atoms with Crippen molar-refractivity contribution in [3.63, 3.8) is 0 Å². The van der Waals surface area contributed by atoms with Crippen LogP contribution in [-0.4, -0.2) is 272 Å². The number of nitrogens with two attached hydrogens (primary N) is 8. The molecular formula is C46H110N18. The Hall–Kier alpha value is -0.720. The van der Waals surface area contributed by atoms with Crippen molar-refractivity contribution < 1.29 is 0 Å². The monoisotopic (exact) mass is 915 g/mol. The van der Waals surface area contributed by atoms with Crippen LogP contribution < -0.4 is 56.5 Å². The van der Waals surface area contributed by atoms with Gasteiger partial charge in [-0.25, -0.2) is 0 Å². The van der Waals surface area contributed by atoms with Crippen LogP contribution in [0.25, 0.3) is 0 Å². The summed E-state index contributed by atoms with van der Waals surface area (Å²) in [6, 6.07) is 2.00. The lowest BCUT2D eigenvalue weighted by Crippen LogP contribution is -2.52. The lowest BCUT2D eigenvalue weighted by atomic mass is 10.2. The van der Waals surface area contributed by atoms with E-state index in [0.29, 0.717) is 36.3 Å². The predicted molar refractivity (Wildman–Crippen MR) is 276 cm³/mol. The normalized spacial score (nSPS) is 23.3.